The number of aliphatic hydroxyl groups excluding tert-OH is 1. The van der Waals surface area contributed by atoms with E-state index in [9.17, 15) is 4.79 Å². The molecule has 5 heteroatoms. The maximum absolute atomic E-state index is 11.1. The van der Waals surface area contributed by atoms with Gasteiger partial charge in [0.25, 0.3) is 0 Å². The fraction of sp³-hybridized carbons (Fsp3) is 0.462. The Morgan fingerprint density at radius 3 is 3.00 bits per heavy atom. The van der Waals surface area contributed by atoms with Gasteiger partial charge in [-0.3, -0.25) is 4.79 Å². The minimum atomic E-state index is -0.112. The Bertz CT molecular complexity index is 445. The minimum Gasteiger partial charge on any atom is -0.384 e. The van der Waals surface area contributed by atoms with Crippen molar-refractivity contribution in [1.29, 1.82) is 0 Å². The van der Waals surface area contributed by atoms with E-state index >= 15 is 0 Å². The fourth-order valence-corrected chi connectivity index (χ4v) is 2.38. The number of nitrogens with zero attached hydrogens (tertiary/aromatic N) is 1. The summed E-state index contributed by atoms with van der Waals surface area (Å²) in [6.07, 6.45) is 0.509. The molecule has 0 spiro atoms. The molecule has 0 saturated heterocycles. The van der Waals surface area contributed by atoms with Crippen LogP contribution in [-0.2, 0) is 11.3 Å². The Hall–Kier alpha value is -1.35. The summed E-state index contributed by atoms with van der Waals surface area (Å²) in [4.78, 5) is 15.4. The van der Waals surface area contributed by atoms with Gasteiger partial charge >= 0.3 is 0 Å². The molecule has 4 nitrogen and oxygen atoms in total. The smallest absolute Gasteiger partial charge is 0.221 e. The molecule has 1 rings (SSSR count). The predicted octanol–water partition coefficient (Wildman–Crippen LogP) is 0.660. The van der Waals surface area contributed by atoms with Gasteiger partial charge in [-0.25, -0.2) is 0 Å². The number of hydrogen-bond donors (Lipinski definition) is 2. The van der Waals surface area contributed by atoms with Gasteiger partial charge in [-0.15, -0.1) is 11.3 Å². The van der Waals surface area contributed by atoms with Crippen LogP contribution in [0.15, 0.2) is 12.1 Å². The quantitative estimate of drug-likeness (QED) is 0.770. The van der Waals surface area contributed by atoms with Crippen molar-refractivity contribution < 1.29 is 9.90 Å². The number of nitrogens with one attached hydrogen (secondary N) is 1. The highest BCUT2D eigenvalue weighted by atomic mass is 32.1. The molecule has 0 bridgehead atoms. The minimum absolute atomic E-state index is 0.0579. The molecule has 0 aliphatic rings. The van der Waals surface area contributed by atoms with Crippen LogP contribution in [0.3, 0.4) is 0 Å². The largest absolute Gasteiger partial charge is 0.384 e. The first-order valence-corrected chi connectivity index (χ1v) is 6.55. The standard InChI is InChI=1S/C13H18N2O2S/c1-14-13(17)7-8-15(2)10-12-6-5-11(18-12)4-3-9-16/h5-6,16H,7-10H2,1-2H3,(H,14,17). The summed E-state index contributed by atoms with van der Waals surface area (Å²) < 4.78 is 0. The molecular weight excluding hydrogens is 248 g/mol. The van der Waals surface area contributed by atoms with Crippen LogP contribution in [0.5, 0.6) is 0 Å². The molecule has 0 aliphatic carbocycles. The summed E-state index contributed by atoms with van der Waals surface area (Å²) in [5.41, 5.74) is 0. The van der Waals surface area contributed by atoms with E-state index < -0.39 is 0 Å². The first-order valence-electron chi connectivity index (χ1n) is 5.73. The van der Waals surface area contributed by atoms with Gasteiger partial charge in [0.2, 0.25) is 5.91 Å². The zero-order valence-electron chi connectivity index (χ0n) is 10.7. The summed E-state index contributed by atoms with van der Waals surface area (Å²) >= 11 is 1.61. The summed E-state index contributed by atoms with van der Waals surface area (Å²) in [5, 5.41) is 11.2. The van der Waals surface area contributed by atoms with E-state index in [-0.39, 0.29) is 12.5 Å². The highest BCUT2D eigenvalue weighted by molar-refractivity contribution is 7.12. The Morgan fingerprint density at radius 2 is 2.33 bits per heavy atom. The van der Waals surface area contributed by atoms with Crippen LogP contribution < -0.4 is 5.32 Å². The van der Waals surface area contributed by atoms with Crippen LogP contribution in [0, 0.1) is 11.8 Å². The second-order valence-corrected chi connectivity index (χ2v) is 5.06. The molecule has 98 valence electrons. The molecule has 1 amide bonds. The number of amides is 1. The van der Waals surface area contributed by atoms with Gasteiger partial charge in [0.15, 0.2) is 0 Å². The van der Waals surface area contributed by atoms with Crippen molar-refractivity contribution in [1.82, 2.24) is 10.2 Å². The Morgan fingerprint density at radius 1 is 1.56 bits per heavy atom. The molecule has 0 atom stereocenters. The maximum Gasteiger partial charge on any atom is 0.221 e. The first-order chi connectivity index (χ1) is 8.65. The molecule has 1 aromatic rings. The van der Waals surface area contributed by atoms with E-state index in [1.807, 2.05) is 19.2 Å². The third-order valence-corrected chi connectivity index (χ3v) is 3.36. The van der Waals surface area contributed by atoms with Crippen molar-refractivity contribution in [3.63, 3.8) is 0 Å². The number of carbonyl (C=O) groups excluding carboxylic acids is 1. The van der Waals surface area contributed by atoms with Crippen LogP contribution >= 0.6 is 11.3 Å². The lowest BCUT2D eigenvalue weighted by atomic mass is 10.3. The molecule has 0 saturated carbocycles. The van der Waals surface area contributed by atoms with Gasteiger partial charge in [0, 0.05) is 31.4 Å². The summed E-state index contributed by atoms with van der Waals surface area (Å²) in [6.45, 7) is 1.43. The predicted molar refractivity (Wildman–Crippen MR) is 73.3 cm³/mol. The summed E-state index contributed by atoms with van der Waals surface area (Å²) in [6, 6.07) is 3.98. The van der Waals surface area contributed by atoms with Crippen LogP contribution in [0.1, 0.15) is 16.2 Å². The van der Waals surface area contributed by atoms with Crippen LogP contribution in [0.25, 0.3) is 0 Å². The molecule has 0 aliphatic heterocycles. The lowest BCUT2D eigenvalue weighted by Crippen LogP contribution is -2.26. The second-order valence-electron chi connectivity index (χ2n) is 3.89. The molecule has 0 radical (unpaired) electrons. The molecule has 0 unspecified atom stereocenters. The second kappa shape index (κ2) is 7.88. The molecule has 2 N–H and O–H groups in total. The fourth-order valence-electron chi connectivity index (χ4n) is 1.42. The van der Waals surface area contributed by atoms with Crippen LogP contribution in [-0.4, -0.2) is 43.2 Å². The van der Waals surface area contributed by atoms with E-state index in [2.05, 4.69) is 22.1 Å². The SMILES string of the molecule is CNC(=O)CCN(C)Cc1ccc(C#CCO)s1. The van der Waals surface area contributed by atoms with Crippen LogP contribution in [0.4, 0.5) is 0 Å². The molecule has 18 heavy (non-hydrogen) atoms. The number of thiophene rings is 1. The van der Waals surface area contributed by atoms with Crippen molar-refractivity contribution in [2.45, 2.75) is 13.0 Å². The molecule has 0 aromatic carbocycles. The summed E-state index contributed by atoms with van der Waals surface area (Å²) in [7, 11) is 3.63. The number of aliphatic hydroxyl groups is 1. The highest BCUT2D eigenvalue weighted by Crippen LogP contribution is 2.16. The van der Waals surface area contributed by atoms with Gasteiger partial charge in [-0.1, -0.05) is 11.8 Å². The third kappa shape index (κ3) is 5.32. The first kappa shape index (κ1) is 14.7. The molecule has 1 heterocycles. The van der Waals surface area contributed by atoms with E-state index in [1.54, 1.807) is 18.4 Å². The van der Waals surface area contributed by atoms with E-state index in [0.717, 1.165) is 18.0 Å². The Kier molecular flexibility index (Phi) is 6.44. The molecule has 0 fully saturated rings. The third-order valence-electron chi connectivity index (χ3n) is 2.38. The zero-order valence-corrected chi connectivity index (χ0v) is 11.5. The molecule has 1 aromatic heterocycles. The van der Waals surface area contributed by atoms with Crippen molar-refractivity contribution in [2.24, 2.45) is 0 Å². The Balaban J connectivity index is 2.42. The maximum atomic E-state index is 11.1. The number of hydrogen-bond acceptors (Lipinski definition) is 4. The lowest BCUT2D eigenvalue weighted by molar-refractivity contribution is -0.120. The van der Waals surface area contributed by atoms with Crippen molar-refractivity contribution in [3.8, 4) is 11.8 Å². The lowest BCUT2D eigenvalue weighted by Gasteiger charge is -2.14. The van der Waals surface area contributed by atoms with Gasteiger partial charge in [0.1, 0.15) is 6.61 Å². The van der Waals surface area contributed by atoms with E-state index in [0.29, 0.717) is 6.42 Å². The van der Waals surface area contributed by atoms with Gasteiger partial charge < -0.3 is 15.3 Å². The van der Waals surface area contributed by atoms with Crippen molar-refractivity contribution >= 4 is 17.2 Å². The summed E-state index contributed by atoms with van der Waals surface area (Å²) in [5.74, 6) is 5.57. The van der Waals surface area contributed by atoms with Crippen molar-refractivity contribution in [3.05, 3.63) is 21.9 Å². The van der Waals surface area contributed by atoms with Crippen molar-refractivity contribution in [2.75, 3.05) is 27.2 Å². The monoisotopic (exact) mass is 266 g/mol. The zero-order chi connectivity index (χ0) is 13.4. The van der Waals surface area contributed by atoms with Crippen LogP contribution in [0.2, 0.25) is 0 Å². The van der Waals surface area contributed by atoms with Gasteiger partial charge in [-0.2, -0.15) is 0 Å². The highest BCUT2D eigenvalue weighted by Gasteiger charge is 2.05. The van der Waals surface area contributed by atoms with Gasteiger partial charge in [-0.05, 0) is 19.2 Å². The van der Waals surface area contributed by atoms with E-state index in [1.165, 1.54) is 4.88 Å². The van der Waals surface area contributed by atoms with Gasteiger partial charge in [0.05, 0.1) is 4.88 Å². The average molecular weight is 266 g/mol. The molecular formula is C13H18N2O2S. The normalized spacial score (nSPS) is 10.0. The number of carbonyl (C=O) groups is 1. The topological polar surface area (TPSA) is 52.6 Å². The van der Waals surface area contributed by atoms with E-state index in [4.69, 9.17) is 5.11 Å². The average Bonchev–Trinajstić information content (AvgIpc) is 2.81. The number of rotatable bonds is 5. The Labute approximate surface area is 112 Å².